The molecule has 1 aromatic carbocycles. The number of carbonyl (C=O) groups is 11. The average molecular weight is 1070 g/mol. The highest BCUT2D eigenvalue weighted by Gasteiger charge is 2.36. The molecule has 19 N–H and O–H groups in total. The summed E-state index contributed by atoms with van der Waals surface area (Å²) >= 11 is 0. The lowest BCUT2D eigenvalue weighted by atomic mass is 9.99. The fraction of sp³-hybridized carbons (Fsp3) is 0.553. The summed E-state index contributed by atoms with van der Waals surface area (Å²) in [5, 5.41) is 51.6. The number of nitrogens with two attached hydrogens (primary N) is 3. The van der Waals surface area contributed by atoms with Gasteiger partial charge < -0.3 is 85.4 Å². The van der Waals surface area contributed by atoms with E-state index in [2.05, 4.69) is 62.8 Å². The van der Waals surface area contributed by atoms with Crippen LogP contribution in [0.15, 0.2) is 47.8 Å². The van der Waals surface area contributed by atoms with Crippen LogP contribution in [-0.2, 0) is 65.6 Å². The standard InChI is InChI=1S/C47H73N15O14/c1-23(2)36(44(73)61-37(24(3)4)46(75)76)60-42(71)30(14-15-35(66)67)57-34(65)21-53-40(69)32(18-28-20-51-22-54-28)58-43(72)31(17-27-11-8-7-9-12-27)59-45(74)38(26(6)63)62-39(68)25(5)55-41(70)29(56-33(64)19-48)13-10-16-52-47(49)50/h7-9,11-12,20,22-26,29-32,36-38,63H,10,13-19,21,48H2,1-6H3,(H,51,54)(H,53,69)(H,55,70)(H,56,64)(H,57,65)(H,58,72)(H,59,74)(H,60,71)(H,61,73)(H,62,68)(H,66,67)(H,75,76)(H4,49,50,52)/t25-,26?,29-,30-,31-,32-,36-,37-,38-/m0/s1. The summed E-state index contributed by atoms with van der Waals surface area (Å²) in [6.07, 6.45) is -0.150. The lowest BCUT2D eigenvalue weighted by Crippen LogP contribution is -2.61. The Bertz CT molecular complexity index is 2330. The van der Waals surface area contributed by atoms with Crippen LogP contribution in [-0.4, -0.2) is 170 Å². The van der Waals surface area contributed by atoms with Crippen LogP contribution in [0.5, 0.6) is 0 Å². The Kier molecular flexibility index (Phi) is 27.1. The number of carbonyl (C=O) groups excluding carboxylic acids is 9. The summed E-state index contributed by atoms with van der Waals surface area (Å²) in [5.74, 6) is -12.1. The van der Waals surface area contributed by atoms with E-state index in [1.807, 2.05) is 0 Å². The van der Waals surface area contributed by atoms with Crippen LogP contribution in [0, 0.1) is 11.8 Å². The number of aliphatic carboxylic acids is 2. The molecule has 0 aliphatic rings. The molecule has 29 nitrogen and oxygen atoms in total. The van der Waals surface area contributed by atoms with Crippen LogP contribution >= 0.6 is 0 Å². The van der Waals surface area contributed by atoms with Crippen molar-refractivity contribution in [2.45, 2.75) is 135 Å². The molecule has 9 atom stereocenters. The number of amides is 9. The third kappa shape index (κ3) is 22.9. The minimum Gasteiger partial charge on any atom is -0.481 e. The number of aliphatic hydroxyl groups is 1. The molecule has 0 aliphatic carbocycles. The summed E-state index contributed by atoms with van der Waals surface area (Å²) in [6, 6.07) is -3.08. The number of carboxylic acids is 2. The van der Waals surface area contributed by atoms with Gasteiger partial charge in [0.05, 0.1) is 25.5 Å². The summed E-state index contributed by atoms with van der Waals surface area (Å²) in [5.41, 5.74) is 17.0. The van der Waals surface area contributed by atoms with E-state index in [-0.39, 0.29) is 38.2 Å². The van der Waals surface area contributed by atoms with Gasteiger partial charge in [0.15, 0.2) is 5.96 Å². The molecule has 0 radical (unpaired) electrons. The first-order chi connectivity index (χ1) is 35.7. The van der Waals surface area contributed by atoms with E-state index in [1.54, 1.807) is 58.0 Å². The maximum absolute atomic E-state index is 14.2. The number of carboxylic acid groups (broad SMARTS) is 2. The van der Waals surface area contributed by atoms with Crippen molar-refractivity contribution in [1.82, 2.24) is 57.8 Å². The number of hydrogen-bond acceptors (Lipinski definition) is 15. The molecule has 1 unspecified atom stereocenters. The molecule has 2 aromatic rings. The molecule has 9 amide bonds. The molecule has 29 heteroatoms. The van der Waals surface area contributed by atoms with E-state index in [1.165, 1.54) is 26.4 Å². The molecule has 2 rings (SSSR count). The van der Waals surface area contributed by atoms with Gasteiger partial charge >= 0.3 is 11.9 Å². The molecule has 76 heavy (non-hydrogen) atoms. The third-order valence-corrected chi connectivity index (χ3v) is 11.3. The fourth-order valence-electron chi connectivity index (χ4n) is 7.13. The number of guanidine groups is 1. The van der Waals surface area contributed by atoms with E-state index < -0.39 is 157 Å². The van der Waals surface area contributed by atoms with Gasteiger partial charge in [0.25, 0.3) is 0 Å². The second-order valence-corrected chi connectivity index (χ2v) is 18.4. The lowest BCUT2D eigenvalue weighted by Gasteiger charge is -2.28. The van der Waals surface area contributed by atoms with Gasteiger partial charge in [-0.2, -0.15) is 0 Å². The molecule has 0 fully saturated rings. The van der Waals surface area contributed by atoms with Crippen molar-refractivity contribution in [1.29, 1.82) is 0 Å². The normalized spacial score (nSPS) is 14.6. The first kappa shape index (κ1) is 63.9. The van der Waals surface area contributed by atoms with Gasteiger partial charge in [-0.05, 0) is 50.5 Å². The number of aliphatic hydroxyl groups excluding tert-OH is 1. The monoisotopic (exact) mass is 1070 g/mol. The van der Waals surface area contributed by atoms with E-state index in [0.717, 1.165) is 0 Å². The van der Waals surface area contributed by atoms with E-state index in [4.69, 9.17) is 17.2 Å². The fourth-order valence-corrected chi connectivity index (χ4v) is 7.13. The molecule has 0 saturated carbocycles. The van der Waals surface area contributed by atoms with Gasteiger partial charge in [-0.15, -0.1) is 0 Å². The SMILES string of the molecule is CC(C)[C@H](NC(=O)[C@@H](NC(=O)[C@H](CCC(=O)O)NC(=O)CNC(=O)[C@H](Cc1cnc[nH]1)NC(=O)[C@H](Cc1ccccc1)NC(=O)[C@@H](NC(=O)[C@H](C)NC(=O)[C@H](CCCN=C(N)N)NC(=O)CN)C(C)O)C(C)C)C(=O)O. The topological polar surface area (TPSA) is 476 Å². The smallest absolute Gasteiger partial charge is 0.326 e. The molecule has 0 bridgehead atoms. The molecule has 1 aromatic heterocycles. The highest BCUT2D eigenvalue weighted by atomic mass is 16.4. The van der Waals surface area contributed by atoms with Gasteiger partial charge in [0, 0.05) is 37.7 Å². The van der Waals surface area contributed by atoms with Crippen LogP contribution in [0.1, 0.15) is 78.5 Å². The van der Waals surface area contributed by atoms with Crippen LogP contribution in [0.25, 0.3) is 0 Å². The molecule has 0 aliphatic heterocycles. The zero-order valence-electron chi connectivity index (χ0n) is 43.2. The zero-order valence-corrected chi connectivity index (χ0v) is 43.2. The van der Waals surface area contributed by atoms with Crippen molar-refractivity contribution >= 4 is 71.1 Å². The van der Waals surface area contributed by atoms with Crippen molar-refractivity contribution in [3.8, 4) is 0 Å². The van der Waals surface area contributed by atoms with Crippen molar-refractivity contribution < 1.29 is 68.1 Å². The zero-order chi connectivity index (χ0) is 57.2. The number of H-pyrrole nitrogens is 1. The molecule has 0 spiro atoms. The Balaban J connectivity index is 2.32. The van der Waals surface area contributed by atoms with Crippen molar-refractivity contribution in [3.05, 3.63) is 54.1 Å². The second kappa shape index (κ2) is 32.2. The maximum Gasteiger partial charge on any atom is 0.326 e. The van der Waals surface area contributed by atoms with Gasteiger partial charge in [-0.25, -0.2) is 9.78 Å². The Morgan fingerprint density at radius 2 is 1.16 bits per heavy atom. The third-order valence-electron chi connectivity index (χ3n) is 11.3. The molecular weight excluding hydrogens is 999 g/mol. The number of nitrogens with one attached hydrogen (secondary N) is 10. The number of hydrogen-bond donors (Lipinski definition) is 16. The average Bonchev–Trinajstić information content (AvgIpc) is 3.87. The van der Waals surface area contributed by atoms with Crippen LogP contribution in [0.3, 0.4) is 0 Å². The molecular formula is C47H73N15O14. The Morgan fingerprint density at radius 1 is 0.618 bits per heavy atom. The van der Waals surface area contributed by atoms with Crippen molar-refractivity contribution in [2.24, 2.45) is 34.0 Å². The largest absolute Gasteiger partial charge is 0.481 e. The maximum atomic E-state index is 14.2. The predicted molar refractivity (Wildman–Crippen MR) is 271 cm³/mol. The van der Waals surface area contributed by atoms with Gasteiger partial charge in [0.1, 0.15) is 48.3 Å². The van der Waals surface area contributed by atoms with Gasteiger partial charge in [-0.3, -0.25) is 52.9 Å². The number of aromatic amines is 1. The summed E-state index contributed by atoms with van der Waals surface area (Å²) in [4.78, 5) is 155. The predicted octanol–water partition coefficient (Wildman–Crippen LogP) is -5.14. The van der Waals surface area contributed by atoms with Gasteiger partial charge in [-0.1, -0.05) is 58.0 Å². The van der Waals surface area contributed by atoms with Crippen LogP contribution in [0.2, 0.25) is 0 Å². The summed E-state index contributed by atoms with van der Waals surface area (Å²) in [6.45, 7) is 7.60. The number of rotatable bonds is 33. The van der Waals surface area contributed by atoms with Crippen LogP contribution < -0.4 is 65.1 Å². The Labute approximate surface area is 438 Å². The van der Waals surface area contributed by atoms with Gasteiger partial charge in [0.2, 0.25) is 53.2 Å². The van der Waals surface area contributed by atoms with E-state index >= 15 is 0 Å². The summed E-state index contributed by atoms with van der Waals surface area (Å²) in [7, 11) is 0. The number of benzene rings is 1. The first-order valence-electron chi connectivity index (χ1n) is 24.3. The Morgan fingerprint density at radius 3 is 1.71 bits per heavy atom. The van der Waals surface area contributed by atoms with Crippen molar-refractivity contribution in [3.63, 3.8) is 0 Å². The minimum absolute atomic E-state index is 0.0466. The first-order valence-corrected chi connectivity index (χ1v) is 24.3. The second-order valence-electron chi connectivity index (χ2n) is 18.4. The van der Waals surface area contributed by atoms with E-state index in [0.29, 0.717) is 11.3 Å². The van der Waals surface area contributed by atoms with Crippen molar-refractivity contribution in [2.75, 3.05) is 19.6 Å². The molecule has 420 valence electrons. The van der Waals surface area contributed by atoms with Crippen LogP contribution in [0.4, 0.5) is 0 Å². The number of nitrogens with zero attached hydrogens (tertiary/aromatic N) is 2. The van der Waals surface area contributed by atoms with E-state index in [9.17, 15) is 68.1 Å². The quantitative estimate of drug-likeness (QED) is 0.0181. The lowest BCUT2D eigenvalue weighted by molar-refractivity contribution is -0.144. The highest BCUT2D eigenvalue weighted by Crippen LogP contribution is 2.11. The summed E-state index contributed by atoms with van der Waals surface area (Å²) < 4.78 is 0. The Hall–Kier alpha value is -8.21. The number of aliphatic imine (C=N–C) groups is 1. The minimum atomic E-state index is -1.73. The molecule has 0 saturated heterocycles. The highest BCUT2D eigenvalue weighted by molar-refractivity contribution is 5.98. The number of aromatic nitrogens is 2. The molecule has 1 heterocycles. The number of imidazole rings is 1.